The summed E-state index contributed by atoms with van der Waals surface area (Å²) in [5.41, 5.74) is 6.47. The second-order valence-corrected chi connectivity index (χ2v) is 8.55. The summed E-state index contributed by atoms with van der Waals surface area (Å²) >= 11 is 0. The van der Waals surface area contributed by atoms with Gasteiger partial charge in [-0.15, -0.1) is 0 Å². The van der Waals surface area contributed by atoms with Crippen molar-refractivity contribution < 1.29 is 28.3 Å². The Morgan fingerprint density at radius 2 is 1.75 bits per heavy atom. The fraction of sp³-hybridized carbons (Fsp3) is 0.308. The lowest BCUT2D eigenvalue weighted by molar-refractivity contribution is -0.129. The normalized spacial score (nSPS) is 12.6. The Kier molecular flexibility index (Phi) is 8.66. The molecular formula is C26H29N3O7. The molecule has 1 heterocycles. The van der Waals surface area contributed by atoms with E-state index in [0.29, 0.717) is 16.7 Å². The van der Waals surface area contributed by atoms with E-state index in [9.17, 15) is 19.2 Å². The van der Waals surface area contributed by atoms with Crippen molar-refractivity contribution in [2.75, 3.05) is 7.11 Å². The van der Waals surface area contributed by atoms with Gasteiger partial charge in [0.25, 0.3) is 0 Å². The SMILES string of the molecule is COc1ccc2c(C[C@H](NC(=O)[C@@H](NC(=O)OCc3ccccc3)C(C)C)C(N)=O)cc(=O)oc2c1. The molecule has 0 aliphatic rings. The average molecular weight is 496 g/mol. The van der Waals surface area contributed by atoms with Crippen LogP contribution in [-0.2, 0) is 27.4 Å². The average Bonchev–Trinajstić information content (AvgIpc) is 2.85. The van der Waals surface area contributed by atoms with E-state index in [2.05, 4.69) is 10.6 Å². The summed E-state index contributed by atoms with van der Waals surface area (Å²) in [6, 6.07) is 13.1. The Bertz CT molecular complexity index is 1290. The minimum atomic E-state index is -1.15. The van der Waals surface area contributed by atoms with Crippen molar-refractivity contribution in [2.24, 2.45) is 11.7 Å². The van der Waals surface area contributed by atoms with Gasteiger partial charge in [-0.1, -0.05) is 44.2 Å². The summed E-state index contributed by atoms with van der Waals surface area (Å²) in [6.07, 6.45) is -0.831. The van der Waals surface area contributed by atoms with Crippen molar-refractivity contribution in [1.82, 2.24) is 10.6 Å². The smallest absolute Gasteiger partial charge is 0.408 e. The highest BCUT2D eigenvalue weighted by Crippen LogP contribution is 2.23. The first-order chi connectivity index (χ1) is 17.2. The largest absolute Gasteiger partial charge is 0.497 e. The molecule has 10 nitrogen and oxygen atoms in total. The van der Waals surface area contributed by atoms with Crippen LogP contribution in [-0.4, -0.2) is 37.1 Å². The number of nitrogens with one attached hydrogen (secondary N) is 2. The van der Waals surface area contributed by atoms with Crippen molar-refractivity contribution >= 4 is 28.9 Å². The van der Waals surface area contributed by atoms with Gasteiger partial charge in [-0.2, -0.15) is 0 Å². The van der Waals surface area contributed by atoms with Crippen LogP contribution in [0.2, 0.25) is 0 Å². The number of nitrogens with two attached hydrogens (primary N) is 1. The van der Waals surface area contributed by atoms with Crippen molar-refractivity contribution in [3.63, 3.8) is 0 Å². The van der Waals surface area contributed by atoms with Crippen molar-refractivity contribution in [2.45, 2.75) is 39.0 Å². The predicted octanol–water partition coefficient (Wildman–Crippen LogP) is 2.27. The highest BCUT2D eigenvalue weighted by atomic mass is 16.5. The molecule has 2 atom stereocenters. The van der Waals surface area contributed by atoms with Crippen molar-refractivity contribution in [1.29, 1.82) is 0 Å². The van der Waals surface area contributed by atoms with Crippen LogP contribution >= 0.6 is 0 Å². The first-order valence-corrected chi connectivity index (χ1v) is 11.4. The van der Waals surface area contributed by atoms with E-state index in [0.717, 1.165) is 5.56 Å². The van der Waals surface area contributed by atoms with Crippen LogP contribution in [0.4, 0.5) is 4.79 Å². The molecule has 2 aromatic carbocycles. The Balaban J connectivity index is 1.73. The molecule has 0 saturated heterocycles. The van der Waals surface area contributed by atoms with Crippen LogP contribution < -0.4 is 26.7 Å². The van der Waals surface area contributed by atoms with Gasteiger partial charge in [-0.05, 0) is 29.2 Å². The summed E-state index contributed by atoms with van der Waals surface area (Å²) in [5, 5.41) is 5.70. The van der Waals surface area contributed by atoms with Gasteiger partial charge in [0, 0.05) is 23.9 Å². The van der Waals surface area contributed by atoms with Gasteiger partial charge in [0.1, 0.15) is 30.0 Å². The van der Waals surface area contributed by atoms with E-state index < -0.39 is 35.6 Å². The Morgan fingerprint density at radius 1 is 1.03 bits per heavy atom. The number of amides is 3. The maximum Gasteiger partial charge on any atom is 0.408 e. The monoisotopic (exact) mass is 495 g/mol. The molecule has 0 aliphatic heterocycles. The van der Waals surface area contributed by atoms with Crippen LogP contribution in [0.25, 0.3) is 11.0 Å². The quantitative estimate of drug-likeness (QED) is 0.365. The molecule has 3 rings (SSSR count). The third kappa shape index (κ3) is 6.84. The molecule has 4 N–H and O–H groups in total. The van der Waals surface area contributed by atoms with E-state index in [1.165, 1.54) is 13.2 Å². The number of carbonyl (C=O) groups is 3. The molecule has 1 aromatic heterocycles. The standard InChI is InChI=1S/C26H29N3O7/c1-15(2)23(29-26(33)35-14-16-7-5-4-6-8-16)25(32)28-20(24(27)31)11-17-12-22(30)36-21-13-18(34-3)9-10-19(17)21/h4-10,12-13,15,20,23H,11,14H2,1-3H3,(H2,27,31)(H,28,32)(H,29,33)/t20-,23-/m0/s1. The second kappa shape index (κ2) is 11.9. The van der Waals surface area contributed by atoms with Gasteiger partial charge in [0.05, 0.1) is 7.11 Å². The number of alkyl carbamates (subject to hydrolysis) is 1. The molecule has 0 unspecified atom stereocenters. The molecule has 0 spiro atoms. The van der Waals surface area contributed by atoms with E-state index in [4.69, 9.17) is 19.6 Å². The summed E-state index contributed by atoms with van der Waals surface area (Å²) in [6.45, 7) is 3.52. The fourth-order valence-corrected chi connectivity index (χ4v) is 3.64. The molecule has 0 fully saturated rings. The fourth-order valence-electron chi connectivity index (χ4n) is 3.64. The minimum Gasteiger partial charge on any atom is -0.497 e. The second-order valence-electron chi connectivity index (χ2n) is 8.55. The zero-order valence-corrected chi connectivity index (χ0v) is 20.3. The summed E-state index contributed by atoms with van der Waals surface area (Å²) in [5.74, 6) is -1.24. The van der Waals surface area contributed by atoms with E-state index >= 15 is 0 Å². The molecule has 0 bridgehead atoms. The van der Waals surface area contributed by atoms with Crippen LogP contribution in [0.1, 0.15) is 25.0 Å². The highest BCUT2D eigenvalue weighted by molar-refractivity contribution is 5.91. The minimum absolute atomic E-state index is 0.0392. The molecule has 0 saturated carbocycles. The van der Waals surface area contributed by atoms with E-state index in [-0.39, 0.29) is 24.5 Å². The van der Waals surface area contributed by atoms with Gasteiger partial charge < -0.3 is 30.3 Å². The third-order valence-electron chi connectivity index (χ3n) is 5.56. The molecule has 3 aromatic rings. The van der Waals surface area contributed by atoms with Crippen LogP contribution in [0.3, 0.4) is 0 Å². The third-order valence-corrected chi connectivity index (χ3v) is 5.56. The van der Waals surface area contributed by atoms with Gasteiger partial charge in [0.2, 0.25) is 11.8 Å². The Morgan fingerprint density at radius 3 is 2.39 bits per heavy atom. The van der Waals surface area contributed by atoms with Gasteiger partial charge in [-0.25, -0.2) is 9.59 Å². The van der Waals surface area contributed by atoms with E-state index in [1.54, 1.807) is 44.2 Å². The highest BCUT2D eigenvalue weighted by Gasteiger charge is 2.29. The van der Waals surface area contributed by atoms with Gasteiger partial charge in [0.15, 0.2) is 0 Å². The zero-order chi connectivity index (χ0) is 26.2. The zero-order valence-electron chi connectivity index (χ0n) is 20.3. The predicted molar refractivity (Wildman–Crippen MR) is 132 cm³/mol. The van der Waals surface area contributed by atoms with Crippen LogP contribution in [0.5, 0.6) is 5.75 Å². The lowest BCUT2D eigenvalue weighted by Crippen LogP contribution is -2.55. The number of rotatable bonds is 10. The van der Waals surface area contributed by atoms with Crippen LogP contribution in [0.15, 0.2) is 63.8 Å². The molecule has 3 amide bonds. The van der Waals surface area contributed by atoms with E-state index in [1.807, 2.05) is 18.2 Å². The summed E-state index contributed by atoms with van der Waals surface area (Å²) < 4.78 is 15.6. The number of primary amides is 1. The molecule has 190 valence electrons. The number of hydrogen-bond acceptors (Lipinski definition) is 7. The van der Waals surface area contributed by atoms with Crippen molar-refractivity contribution in [3.8, 4) is 5.75 Å². The molecule has 36 heavy (non-hydrogen) atoms. The molecule has 10 heteroatoms. The topological polar surface area (TPSA) is 150 Å². The number of ether oxygens (including phenoxy) is 2. The van der Waals surface area contributed by atoms with Gasteiger partial charge >= 0.3 is 11.7 Å². The number of carbonyl (C=O) groups excluding carboxylic acids is 3. The Hall–Kier alpha value is -4.34. The molecular weight excluding hydrogens is 466 g/mol. The Labute approximate surface area is 207 Å². The van der Waals surface area contributed by atoms with Crippen molar-refractivity contribution in [3.05, 3.63) is 76.1 Å². The summed E-state index contributed by atoms with van der Waals surface area (Å²) in [7, 11) is 1.48. The lowest BCUT2D eigenvalue weighted by Gasteiger charge is -2.24. The number of methoxy groups -OCH3 is 1. The number of benzene rings is 2. The first kappa shape index (κ1) is 26.3. The maximum atomic E-state index is 13.0. The summed E-state index contributed by atoms with van der Waals surface area (Å²) in [4.78, 5) is 49.6. The first-order valence-electron chi connectivity index (χ1n) is 11.4. The van der Waals surface area contributed by atoms with Crippen LogP contribution in [0, 0.1) is 5.92 Å². The lowest BCUT2D eigenvalue weighted by atomic mass is 9.99. The number of hydrogen-bond donors (Lipinski definition) is 3. The molecule has 0 radical (unpaired) electrons. The number of fused-ring (bicyclic) bond motifs is 1. The molecule has 0 aliphatic carbocycles. The maximum absolute atomic E-state index is 13.0. The van der Waals surface area contributed by atoms with Gasteiger partial charge in [-0.3, -0.25) is 9.59 Å².